The van der Waals surface area contributed by atoms with E-state index >= 15 is 0 Å². The van der Waals surface area contributed by atoms with E-state index in [-0.39, 0.29) is 5.97 Å². The minimum atomic E-state index is -0.102. The van der Waals surface area contributed by atoms with Crippen LogP contribution in [0.5, 0.6) is 0 Å². The van der Waals surface area contributed by atoms with Crippen LogP contribution >= 0.6 is 0 Å². The molecule has 0 spiro atoms. The van der Waals surface area contributed by atoms with E-state index in [1.807, 2.05) is 0 Å². The van der Waals surface area contributed by atoms with Gasteiger partial charge in [-0.15, -0.1) is 0 Å². The lowest BCUT2D eigenvalue weighted by Crippen LogP contribution is -2.33. The van der Waals surface area contributed by atoms with Gasteiger partial charge in [0, 0.05) is 12.5 Å². The van der Waals surface area contributed by atoms with Gasteiger partial charge in [-0.25, -0.2) is 0 Å². The number of carbonyl (C=O) groups excluding carboxylic acids is 1. The third-order valence-electron chi connectivity index (χ3n) is 3.38. The van der Waals surface area contributed by atoms with Gasteiger partial charge >= 0.3 is 5.97 Å². The molecule has 0 bridgehead atoms. The normalized spacial score (nSPS) is 25.5. The molecule has 2 atom stereocenters. The molecule has 1 N–H and O–H groups in total. The van der Waals surface area contributed by atoms with Gasteiger partial charge < -0.3 is 10.1 Å². The molecular weight excluding hydrogens is 190 g/mol. The van der Waals surface area contributed by atoms with Gasteiger partial charge in [-0.3, -0.25) is 4.79 Å². The molecule has 0 saturated heterocycles. The van der Waals surface area contributed by atoms with E-state index in [4.69, 9.17) is 0 Å². The lowest BCUT2D eigenvalue weighted by molar-refractivity contribution is -0.140. The minimum Gasteiger partial charge on any atom is -0.469 e. The van der Waals surface area contributed by atoms with E-state index in [1.165, 1.54) is 32.8 Å². The second-order valence-corrected chi connectivity index (χ2v) is 4.34. The highest BCUT2D eigenvalue weighted by molar-refractivity contribution is 5.69. The number of nitrogens with one attached hydrogen (secondary N) is 1. The Bertz CT molecular complexity index is 194. The minimum absolute atomic E-state index is 0.102. The Balaban J connectivity index is 2.06. The standard InChI is InChI=1S/C12H23NO2/c1-3-10-6-4-7-11(10)13-9-5-8-12(14)15-2/h10-11,13H,3-9H2,1-2H3. The van der Waals surface area contributed by atoms with Crippen molar-refractivity contribution in [2.75, 3.05) is 13.7 Å². The number of esters is 1. The molecule has 0 aromatic heterocycles. The van der Waals surface area contributed by atoms with Crippen LogP contribution in [0.2, 0.25) is 0 Å². The van der Waals surface area contributed by atoms with Gasteiger partial charge in [-0.05, 0) is 31.7 Å². The van der Waals surface area contributed by atoms with Crippen LogP contribution in [-0.2, 0) is 9.53 Å². The Morgan fingerprint density at radius 3 is 2.93 bits per heavy atom. The summed E-state index contributed by atoms with van der Waals surface area (Å²) in [6, 6.07) is 0.688. The molecule has 1 saturated carbocycles. The Morgan fingerprint density at radius 2 is 2.27 bits per heavy atom. The number of ether oxygens (including phenoxy) is 1. The van der Waals surface area contributed by atoms with Crippen LogP contribution in [0.1, 0.15) is 45.4 Å². The summed E-state index contributed by atoms with van der Waals surface area (Å²) in [5.41, 5.74) is 0. The number of methoxy groups -OCH3 is 1. The Hall–Kier alpha value is -0.570. The second-order valence-electron chi connectivity index (χ2n) is 4.34. The van der Waals surface area contributed by atoms with Crippen molar-refractivity contribution in [2.45, 2.75) is 51.5 Å². The third-order valence-corrected chi connectivity index (χ3v) is 3.38. The Labute approximate surface area is 92.6 Å². The van der Waals surface area contributed by atoms with Gasteiger partial charge in [0.2, 0.25) is 0 Å². The van der Waals surface area contributed by atoms with Crippen LogP contribution < -0.4 is 5.32 Å². The first-order chi connectivity index (χ1) is 7.27. The maximum absolute atomic E-state index is 10.9. The van der Waals surface area contributed by atoms with Gasteiger partial charge in [0.05, 0.1) is 7.11 Å². The lowest BCUT2D eigenvalue weighted by atomic mass is 10.0. The SMILES string of the molecule is CCC1CCCC1NCCCC(=O)OC. The summed E-state index contributed by atoms with van der Waals surface area (Å²) in [5, 5.41) is 3.55. The molecule has 88 valence electrons. The highest BCUT2D eigenvalue weighted by Crippen LogP contribution is 2.27. The first-order valence-corrected chi connectivity index (χ1v) is 6.08. The molecule has 0 aliphatic heterocycles. The maximum Gasteiger partial charge on any atom is 0.305 e. The smallest absolute Gasteiger partial charge is 0.305 e. The summed E-state index contributed by atoms with van der Waals surface area (Å²) in [5.74, 6) is 0.749. The zero-order valence-corrected chi connectivity index (χ0v) is 9.92. The first-order valence-electron chi connectivity index (χ1n) is 6.08. The van der Waals surface area contributed by atoms with E-state index in [2.05, 4.69) is 17.0 Å². The number of rotatable bonds is 6. The average Bonchev–Trinajstić information content (AvgIpc) is 2.71. The fraction of sp³-hybridized carbons (Fsp3) is 0.917. The van der Waals surface area contributed by atoms with Crippen molar-refractivity contribution in [1.82, 2.24) is 5.32 Å². The lowest BCUT2D eigenvalue weighted by Gasteiger charge is -2.19. The van der Waals surface area contributed by atoms with Gasteiger partial charge in [0.15, 0.2) is 0 Å². The molecule has 0 heterocycles. The van der Waals surface area contributed by atoms with Gasteiger partial charge in [0.25, 0.3) is 0 Å². The average molecular weight is 213 g/mol. The molecule has 1 fully saturated rings. The molecule has 1 aliphatic rings. The van der Waals surface area contributed by atoms with Crippen LogP contribution in [0, 0.1) is 5.92 Å². The molecule has 1 rings (SSSR count). The molecule has 15 heavy (non-hydrogen) atoms. The Morgan fingerprint density at radius 1 is 1.47 bits per heavy atom. The molecule has 0 amide bonds. The van der Waals surface area contributed by atoms with E-state index in [0.717, 1.165) is 18.9 Å². The molecule has 0 radical (unpaired) electrons. The van der Waals surface area contributed by atoms with Crippen LogP contribution in [0.4, 0.5) is 0 Å². The van der Waals surface area contributed by atoms with Crippen molar-refractivity contribution in [3.8, 4) is 0 Å². The highest BCUT2D eigenvalue weighted by Gasteiger charge is 2.24. The molecule has 0 aromatic rings. The van der Waals surface area contributed by atoms with Crippen molar-refractivity contribution in [1.29, 1.82) is 0 Å². The molecular formula is C12H23NO2. The first kappa shape index (κ1) is 12.5. The zero-order chi connectivity index (χ0) is 11.1. The molecule has 3 heteroatoms. The van der Waals surface area contributed by atoms with Crippen molar-refractivity contribution in [3.05, 3.63) is 0 Å². The fourth-order valence-corrected chi connectivity index (χ4v) is 2.42. The van der Waals surface area contributed by atoms with Crippen molar-refractivity contribution >= 4 is 5.97 Å². The van der Waals surface area contributed by atoms with Crippen LogP contribution in [0.25, 0.3) is 0 Å². The molecule has 3 nitrogen and oxygen atoms in total. The van der Waals surface area contributed by atoms with Crippen LogP contribution in [0.3, 0.4) is 0 Å². The predicted octanol–water partition coefficient (Wildman–Crippen LogP) is 2.11. The quantitative estimate of drug-likeness (QED) is 0.542. The number of hydrogen-bond donors (Lipinski definition) is 1. The van der Waals surface area contributed by atoms with Crippen LogP contribution in [-0.4, -0.2) is 25.7 Å². The topological polar surface area (TPSA) is 38.3 Å². The number of carbonyl (C=O) groups is 1. The summed E-state index contributed by atoms with van der Waals surface area (Å²) in [6.45, 7) is 3.20. The summed E-state index contributed by atoms with van der Waals surface area (Å²) >= 11 is 0. The van der Waals surface area contributed by atoms with Crippen molar-refractivity contribution in [3.63, 3.8) is 0 Å². The zero-order valence-electron chi connectivity index (χ0n) is 9.92. The predicted molar refractivity (Wildman–Crippen MR) is 60.7 cm³/mol. The summed E-state index contributed by atoms with van der Waals surface area (Å²) in [7, 11) is 1.44. The summed E-state index contributed by atoms with van der Waals surface area (Å²) in [6.07, 6.45) is 6.72. The summed E-state index contributed by atoms with van der Waals surface area (Å²) < 4.78 is 4.60. The maximum atomic E-state index is 10.9. The third kappa shape index (κ3) is 4.20. The molecule has 2 unspecified atom stereocenters. The van der Waals surface area contributed by atoms with E-state index < -0.39 is 0 Å². The largest absolute Gasteiger partial charge is 0.469 e. The van der Waals surface area contributed by atoms with E-state index in [9.17, 15) is 4.79 Å². The van der Waals surface area contributed by atoms with E-state index in [1.54, 1.807) is 0 Å². The molecule has 0 aromatic carbocycles. The van der Waals surface area contributed by atoms with Crippen molar-refractivity contribution in [2.24, 2.45) is 5.92 Å². The number of hydrogen-bond acceptors (Lipinski definition) is 3. The van der Waals surface area contributed by atoms with Gasteiger partial charge in [-0.1, -0.05) is 19.8 Å². The summed E-state index contributed by atoms with van der Waals surface area (Å²) in [4.78, 5) is 10.9. The monoisotopic (exact) mass is 213 g/mol. The second kappa shape index (κ2) is 6.83. The molecule has 1 aliphatic carbocycles. The van der Waals surface area contributed by atoms with Crippen molar-refractivity contribution < 1.29 is 9.53 Å². The highest BCUT2D eigenvalue weighted by atomic mass is 16.5. The van der Waals surface area contributed by atoms with Gasteiger partial charge in [-0.2, -0.15) is 0 Å². The van der Waals surface area contributed by atoms with Gasteiger partial charge in [0.1, 0.15) is 0 Å². The fourth-order valence-electron chi connectivity index (χ4n) is 2.42. The van der Waals surface area contributed by atoms with Crippen LogP contribution in [0.15, 0.2) is 0 Å². The van der Waals surface area contributed by atoms with E-state index in [0.29, 0.717) is 12.5 Å². The Kier molecular flexibility index (Phi) is 5.69.